The summed E-state index contributed by atoms with van der Waals surface area (Å²) in [6.07, 6.45) is -0.821. The highest BCUT2D eigenvalue weighted by atomic mass is 35.5. The van der Waals surface area contributed by atoms with Gasteiger partial charge in [0, 0.05) is 24.5 Å². The van der Waals surface area contributed by atoms with Crippen LogP contribution in [-0.4, -0.2) is 35.3 Å². The molecule has 1 unspecified atom stereocenters. The van der Waals surface area contributed by atoms with E-state index in [9.17, 15) is 19.1 Å². The van der Waals surface area contributed by atoms with Crippen molar-refractivity contribution in [3.05, 3.63) is 34.6 Å². The summed E-state index contributed by atoms with van der Waals surface area (Å²) in [4.78, 5) is 21.6. The van der Waals surface area contributed by atoms with Crippen molar-refractivity contribution in [2.75, 3.05) is 13.1 Å². The first-order valence-corrected chi connectivity index (χ1v) is 6.64. The molecule has 0 aliphatic rings. The van der Waals surface area contributed by atoms with Gasteiger partial charge in [0.15, 0.2) is 0 Å². The monoisotopic (exact) mass is 318 g/mol. The number of carboxylic acid groups (broad SMARTS) is 1. The van der Waals surface area contributed by atoms with E-state index in [1.807, 2.05) is 0 Å². The van der Waals surface area contributed by atoms with Gasteiger partial charge in [0.2, 0.25) is 0 Å². The third-order valence-corrected chi connectivity index (χ3v) is 2.80. The first-order valence-electron chi connectivity index (χ1n) is 6.26. The normalized spacial score (nSPS) is 11.8. The number of rotatable bonds is 7. The number of nitrogens with one attached hydrogen (secondary N) is 2. The second-order valence-electron chi connectivity index (χ2n) is 4.35. The minimum atomic E-state index is -1.09. The molecule has 2 amide bonds. The van der Waals surface area contributed by atoms with Crippen LogP contribution in [0.2, 0.25) is 5.02 Å². The number of urea groups is 1. The van der Waals surface area contributed by atoms with Crippen LogP contribution in [0.3, 0.4) is 0 Å². The van der Waals surface area contributed by atoms with Gasteiger partial charge in [-0.15, -0.1) is 0 Å². The first kappa shape index (κ1) is 17.2. The molecule has 21 heavy (non-hydrogen) atoms. The number of halogens is 2. The highest BCUT2D eigenvalue weighted by molar-refractivity contribution is 6.30. The van der Waals surface area contributed by atoms with Gasteiger partial charge in [-0.25, -0.2) is 9.18 Å². The molecule has 0 aliphatic carbocycles. The maximum Gasteiger partial charge on any atom is 0.314 e. The lowest BCUT2D eigenvalue weighted by Gasteiger charge is -2.13. The Morgan fingerprint density at radius 2 is 2.00 bits per heavy atom. The minimum Gasteiger partial charge on any atom is -0.481 e. The van der Waals surface area contributed by atoms with Gasteiger partial charge in [0.1, 0.15) is 5.82 Å². The van der Waals surface area contributed by atoms with Gasteiger partial charge < -0.3 is 20.8 Å². The topological polar surface area (TPSA) is 98.7 Å². The number of carbonyl (C=O) groups is 2. The third-order valence-electron chi connectivity index (χ3n) is 2.58. The van der Waals surface area contributed by atoms with Crippen molar-refractivity contribution in [2.45, 2.75) is 18.9 Å². The van der Waals surface area contributed by atoms with Crippen LogP contribution >= 0.6 is 11.6 Å². The molecule has 1 aromatic rings. The van der Waals surface area contributed by atoms with Crippen molar-refractivity contribution in [2.24, 2.45) is 0 Å². The van der Waals surface area contributed by atoms with Crippen molar-refractivity contribution >= 4 is 23.6 Å². The molecule has 0 aromatic heterocycles. The number of aliphatic carboxylic acids is 1. The van der Waals surface area contributed by atoms with Crippen molar-refractivity contribution < 1.29 is 24.2 Å². The lowest BCUT2D eigenvalue weighted by atomic mass is 10.1. The predicted octanol–water partition coefficient (Wildman–Crippen LogP) is 1.68. The van der Waals surface area contributed by atoms with E-state index in [4.69, 9.17) is 16.7 Å². The highest BCUT2D eigenvalue weighted by Gasteiger charge is 2.11. The molecule has 0 aliphatic heterocycles. The zero-order valence-electron chi connectivity index (χ0n) is 11.1. The van der Waals surface area contributed by atoms with Gasteiger partial charge in [-0.05, 0) is 30.2 Å². The second-order valence-corrected chi connectivity index (χ2v) is 4.79. The minimum absolute atomic E-state index is 0.0370. The summed E-state index contributed by atoms with van der Waals surface area (Å²) in [7, 11) is 0. The molecule has 1 atom stereocenters. The van der Waals surface area contributed by atoms with Crippen LogP contribution in [0.15, 0.2) is 18.2 Å². The molecule has 0 bridgehead atoms. The molecule has 0 spiro atoms. The van der Waals surface area contributed by atoms with Gasteiger partial charge >= 0.3 is 12.0 Å². The van der Waals surface area contributed by atoms with E-state index in [2.05, 4.69) is 10.6 Å². The molecule has 1 rings (SSSR count). The smallest absolute Gasteiger partial charge is 0.314 e. The summed E-state index contributed by atoms with van der Waals surface area (Å²) >= 11 is 5.67. The van der Waals surface area contributed by atoms with Crippen LogP contribution in [-0.2, 0) is 4.79 Å². The summed E-state index contributed by atoms with van der Waals surface area (Å²) in [5, 5.41) is 23.2. The zero-order chi connectivity index (χ0) is 15.8. The number of carboxylic acids is 1. The number of aliphatic hydroxyl groups excluding tert-OH is 1. The van der Waals surface area contributed by atoms with Crippen LogP contribution in [0.25, 0.3) is 0 Å². The molecule has 0 saturated heterocycles. The van der Waals surface area contributed by atoms with E-state index in [1.165, 1.54) is 6.07 Å². The summed E-state index contributed by atoms with van der Waals surface area (Å²) < 4.78 is 13.1. The van der Waals surface area contributed by atoms with E-state index in [-0.39, 0.29) is 30.1 Å². The molecule has 0 radical (unpaired) electrons. The average Bonchev–Trinajstić information content (AvgIpc) is 2.39. The lowest BCUT2D eigenvalue weighted by Crippen LogP contribution is -2.38. The highest BCUT2D eigenvalue weighted by Crippen LogP contribution is 2.19. The standard InChI is InChI=1S/C13H16ClFN2O4/c14-9-4-8(5-10(15)6-9)11(18)7-17-13(21)16-3-1-2-12(19)20/h4-6,11,18H,1-3,7H2,(H,19,20)(H2,16,17,21). The summed E-state index contributed by atoms with van der Waals surface area (Å²) in [6.45, 7) is 0.0879. The Bertz CT molecular complexity index is 493. The van der Waals surface area contributed by atoms with Crippen LogP contribution in [0.5, 0.6) is 0 Å². The number of benzene rings is 1. The molecule has 8 heteroatoms. The van der Waals surface area contributed by atoms with Crippen molar-refractivity contribution in [1.29, 1.82) is 0 Å². The molecule has 0 heterocycles. The zero-order valence-corrected chi connectivity index (χ0v) is 11.9. The molecule has 4 N–H and O–H groups in total. The molecule has 116 valence electrons. The Balaban J connectivity index is 2.33. The van der Waals surface area contributed by atoms with Crippen LogP contribution in [0, 0.1) is 5.82 Å². The van der Waals surface area contributed by atoms with E-state index < -0.39 is 23.9 Å². The fourth-order valence-corrected chi connectivity index (χ4v) is 1.81. The molecular weight excluding hydrogens is 303 g/mol. The Morgan fingerprint density at radius 3 is 2.62 bits per heavy atom. The number of carbonyl (C=O) groups excluding carboxylic acids is 1. The van der Waals surface area contributed by atoms with Crippen molar-refractivity contribution in [3.8, 4) is 0 Å². The van der Waals surface area contributed by atoms with E-state index in [0.717, 1.165) is 12.1 Å². The third kappa shape index (κ3) is 6.92. The van der Waals surface area contributed by atoms with E-state index in [0.29, 0.717) is 6.42 Å². The first-order chi connectivity index (χ1) is 9.88. The van der Waals surface area contributed by atoms with Gasteiger partial charge in [-0.2, -0.15) is 0 Å². The SMILES string of the molecule is O=C(O)CCCNC(=O)NCC(O)c1cc(F)cc(Cl)c1. The fraction of sp³-hybridized carbons (Fsp3) is 0.385. The molecule has 6 nitrogen and oxygen atoms in total. The van der Waals surface area contributed by atoms with E-state index in [1.54, 1.807) is 0 Å². The summed E-state index contributed by atoms with van der Waals surface area (Å²) in [5.41, 5.74) is 0.256. The molecule has 1 aromatic carbocycles. The summed E-state index contributed by atoms with van der Waals surface area (Å²) in [5.74, 6) is -1.51. The Kier molecular flexibility index (Phi) is 6.90. The predicted molar refractivity (Wildman–Crippen MR) is 74.6 cm³/mol. The fourth-order valence-electron chi connectivity index (χ4n) is 1.58. The maximum absolute atomic E-state index is 13.1. The van der Waals surface area contributed by atoms with Crippen LogP contribution in [0.1, 0.15) is 24.5 Å². The van der Waals surface area contributed by atoms with Gasteiger partial charge in [0.25, 0.3) is 0 Å². The largest absolute Gasteiger partial charge is 0.481 e. The van der Waals surface area contributed by atoms with E-state index >= 15 is 0 Å². The van der Waals surface area contributed by atoms with Crippen LogP contribution < -0.4 is 10.6 Å². The Hall–Kier alpha value is -1.86. The van der Waals surface area contributed by atoms with Gasteiger partial charge in [0.05, 0.1) is 6.10 Å². The van der Waals surface area contributed by atoms with Crippen molar-refractivity contribution in [1.82, 2.24) is 10.6 Å². The second kappa shape index (κ2) is 8.43. The van der Waals surface area contributed by atoms with Gasteiger partial charge in [-0.1, -0.05) is 11.6 Å². The Labute approximate surface area is 125 Å². The van der Waals surface area contributed by atoms with Crippen molar-refractivity contribution in [3.63, 3.8) is 0 Å². The lowest BCUT2D eigenvalue weighted by molar-refractivity contribution is -0.137. The van der Waals surface area contributed by atoms with Gasteiger partial charge in [-0.3, -0.25) is 4.79 Å². The number of hydrogen-bond acceptors (Lipinski definition) is 3. The molecular formula is C13H16ClFN2O4. The average molecular weight is 319 g/mol. The molecule has 0 saturated carbocycles. The quantitative estimate of drug-likeness (QED) is 0.575. The number of hydrogen-bond donors (Lipinski definition) is 4. The number of aliphatic hydroxyl groups is 1. The number of amides is 2. The molecule has 0 fully saturated rings. The van der Waals surface area contributed by atoms with Crippen LogP contribution in [0.4, 0.5) is 9.18 Å². The Morgan fingerprint density at radius 1 is 1.29 bits per heavy atom. The maximum atomic E-state index is 13.1. The summed E-state index contributed by atoms with van der Waals surface area (Å²) in [6, 6.07) is 3.10.